The Labute approximate surface area is 171 Å². The molecule has 1 atom stereocenters. The normalized spacial score (nSPS) is 17.5. The second-order valence-corrected chi connectivity index (χ2v) is 7.40. The highest BCUT2D eigenvalue weighted by atomic mass is 16.5. The lowest BCUT2D eigenvalue weighted by Gasteiger charge is -2.32. The Morgan fingerprint density at radius 3 is 2.93 bits per heavy atom. The third kappa shape index (κ3) is 4.86. The second kappa shape index (κ2) is 9.24. The zero-order valence-electron chi connectivity index (χ0n) is 17.2. The number of hydrogen-bond acceptors (Lipinski definition) is 5. The molecule has 29 heavy (non-hydrogen) atoms. The van der Waals surface area contributed by atoms with Gasteiger partial charge in [-0.25, -0.2) is 0 Å². The molecule has 0 amide bonds. The number of morpholine rings is 1. The van der Waals surface area contributed by atoms with Crippen molar-refractivity contribution in [3.8, 4) is 5.75 Å². The maximum atomic E-state index is 6.00. The molecule has 1 aliphatic heterocycles. The summed E-state index contributed by atoms with van der Waals surface area (Å²) in [7, 11) is 0. The molecule has 3 aromatic rings. The third-order valence-electron chi connectivity index (χ3n) is 5.41. The van der Waals surface area contributed by atoms with Gasteiger partial charge in [-0.1, -0.05) is 18.2 Å². The molecular weight excluding hydrogens is 366 g/mol. The fourth-order valence-electron chi connectivity index (χ4n) is 3.69. The Morgan fingerprint density at radius 2 is 2.14 bits per heavy atom. The van der Waals surface area contributed by atoms with Gasteiger partial charge in [-0.15, -0.1) is 0 Å². The maximum Gasteiger partial charge on any atom is 0.119 e. The Bertz CT molecular complexity index is 905. The van der Waals surface area contributed by atoms with Crippen molar-refractivity contribution < 1.29 is 9.47 Å². The van der Waals surface area contributed by atoms with Crippen molar-refractivity contribution in [3.63, 3.8) is 0 Å². The number of aromatic nitrogens is 4. The Hall–Kier alpha value is -2.64. The average molecular weight is 396 g/mol. The van der Waals surface area contributed by atoms with Gasteiger partial charge in [0.25, 0.3) is 0 Å². The molecule has 1 fully saturated rings. The lowest BCUT2D eigenvalue weighted by Crippen LogP contribution is -2.38. The minimum absolute atomic E-state index is 0.00896. The topological polar surface area (TPSA) is 68.2 Å². The largest absolute Gasteiger partial charge is 0.493 e. The predicted molar refractivity (Wildman–Crippen MR) is 111 cm³/mol. The number of aromatic amines is 1. The fourth-order valence-corrected chi connectivity index (χ4v) is 3.69. The molecule has 0 bridgehead atoms. The number of hydrogen-bond donors (Lipinski definition) is 1. The first-order chi connectivity index (χ1) is 14.2. The van der Waals surface area contributed by atoms with E-state index in [4.69, 9.17) is 9.47 Å². The van der Waals surface area contributed by atoms with Gasteiger partial charge in [-0.2, -0.15) is 10.2 Å². The van der Waals surface area contributed by atoms with E-state index in [-0.39, 0.29) is 6.10 Å². The van der Waals surface area contributed by atoms with Crippen LogP contribution in [0.2, 0.25) is 0 Å². The first kappa shape index (κ1) is 19.7. The summed E-state index contributed by atoms with van der Waals surface area (Å²) in [6.07, 6.45) is 2.77. The van der Waals surface area contributed by atoms with Gasteiger partial charge in [-0.05, 0) is 32.0 Å². The first-order valence-electron chi connectivity index (χ1n) is 10.3. The second-order valence-electron chi connectivity index (χ2n) is 7.40. The molecule has 1 N–H and O–H groups in total. The van der Waals surface area contributed by atoms with Crippen molar-refractivity contribution in [3.05, 3.63) is 65.2 Å². The van der Waals surface area contributed by atoms with Crippen molar-refractivity contribution in [2.45, 2.75) is 39.5 Å². The highest BCUT2D eigenvalue weighted by molar-refractivity contribution is 5.21. The molecule has 0 aliphatic carbocycles. The van der Waals surface area contributed by atoms with Crippen LogP contribution in [0.25, 0.3) is 0 Å². The third-order valence-corrected chi connectivity index (χ3v) is 5.41. The van der Waals surface area contributed by atoms with Gasteiger partial charge in [0.15, 0.2) is 0 Å². The van der Waals surface area contributed by atoms with Crippen LogP contribution in [0.1, 0.15) is 35.7 Å². The zero-order valence-corrected chi connectivity index (χ0v) is 17.2. The molecule has 1 aromatic carbocycles. The van der Waals surface area contributed by atoms with Crippen LogP contribution in [0.15, 0.2) is 42.6 Å². The maximum absolute atomic E-state index is 6.00. The molecule has 1 aliphatic rings. The summed E-state index contributed by atoms with van der Waals surface area (Å²) < 4.78 is 13.8. The van der Waals surface area contributed by atoms with Gasteiger partial charge in [0.1, 0.15) is 11.9 Å². The van der Waals surface area contributed by atoms with E-state index in [0.717, 1.165) is 49.7 Å². The molecule has 2 aromatic heterocycles. The van der Waals surface area contributed by atoms with Crippen LogP contribution >= 0.6 is 0 Å². The fraction of sp³-hybridized carbons (Fsp3) is 0.455. The van der Waals surface area contributed by atoms with Crippen LogP contribution < -0.4 is 4.74 Å². The van der Waals surface area contributed by atoms with E-state index in [2.05, 4.69) is 40.1 Å². The van der Waals surface area contributed by atoms with E-state index in [1.165, 1.54) is 11.3 Å². The average Bonchev–Trinajstić information content (AvgIpc) is 3.36. The van der Waals surface area contributed by atoms with Crippen LogP contribution in [-0.2, 0) is 24.2 Å². The minimum atomic E-state index is -0.00896. The van der Waals surface area contributed by atoms with Crippen molar-refractivity contribution in [1.82, 2.24) is 24.9 Å². The predicted octanol–water partition coefficient (Wildman–Crippen LogP) is 3.13. The molecule has 0 unspecified atom stereocenters. The number of H-pyrrole nitrogens is 1. The van der Waals surface area contributed by atoms with E-state index in [0.29, 0.717) is 13.2 Å². The highest BCUT2D eigenvalue weighted by Crippen LogP contribution is 2.23. The van der Waals surface area contributed by atoms with Gasteiger partial charge < -0.3 is 9.47 Å². The molecule has 4 rings (SSSR count). The Balaban J connectivity index is 1.31. The molecule has 0 spiro atoms. The number of rotatable bonds is 8. The molecule has 7 nitrogen and oxygen atoms in total. The summed E-state index contributed by atoms with van der Waals surface area (Å²) in [4.78, 5) is 2.42. The lowest BCUT2D eigenvalue weighted by atomic mass is 10.1. The Morgan fingerprint density at radius 1 is 1.28 bits per heavy atom. The van der Waals surface area contributed by atoms with Gasteiger partial charge in [-0.3, -0.25) is 14.7 Å². The minimum Gasteiger partial charge on any atom is -0.493 e. The van der Waals surface area contributed by atoms with Gasteiger partial charge >= 0.3 is 0 Å². The van der Waals surface area contributed by atoms with Crippen LogP contribution in [0.3, 0.4) is 0 Å². The summed E-state index contributed by atoms with van der Waals surface area (Å²) in [5.74, 6) is 0.889. The van der Waals surface area contributed by atoms with E-state index >= 15 is 0 Å². The molecule has 7 heteroatoms. The standard InChI is InChI=1S/C22H29N5O2/c1-3-27-17(2)18(14-23-27)15-26-10-12-29-22(16-26)21-13-19(24-25-21)9-11-28-20-7-5-4-6-8-20/h4-8,13-14,22H,3,9-12,15-16H2,1-2H3,(H,24,25)/t22-/m0/s1. The number of aryl methyl sites for hydroxylation is 1. The monoisotopic (exact) mass is 395 g/mol. The SMILES string of the molecule is CCn1ncc(CN2CCO[C@H](c3cc(CCOc4ccccc4)[nH]n3)C2)c1C. The van der Waals surface area contributed by atoms with Crippen molar-refractivity contribution in [1.29, 1.82) is 0 Å². The summed E-state index contributed by atoms with van der Waals surface area (Å²) in [6, 6.07) is 12.0. The summed E-state index contributed by atoms with van der Waals surface area (Å²) in [6.45, 7) is 9.15. The van der Waals surface area contributed by atoms with E-state index in [1.54, 1.807) is 0 Å². The van der Waals surface area contributed by atoms with Crippen LogP contribution in [0.5, 0.6) is 5.75 Å². The molecule has 1 saturated heterocycles. The number of ether oxygens (including phenoxy) is 2. The lowest BCUT2D eigenvalue weighted by molar-refractivity contribution is -0.0350. The summed E-state index contributed by atoms with van der Waals surface area (Å²) in [5.41, 5.74) is 4.56. The quantitative estimate of drug-likeness (QED) is 0.635. The summed E-state index contributed by atoms with van der Waals surface area (Å²) >= 11 is 0. The van der Waals surface area contributed by atoms with Crippen LogP contribution in [0.4, 0.5) is 0 Å². The van der Waals surface area contributed by atoms with E-state index in [1.807, 2.05) is 41.2 Å². The summed E-state index contributed by atoms with van der Waals surface area (Å²) in [5, 5.41) is 12.1. The van der Waals surface area contributed by atoms with Gasteiger partial charge in [0.05, 0.1) is 25.1 Å². The molecule has 154 valence electrons. The zero-order chi connectivity index (χ0) is 20.1. The molecule has 0 saturated carbocycles. The molecule has 3 heterocycles. The molecular formula is C22H29N5O2. The van der Waals surface area contributed by atoms with Crippen molar-refractivity contribution >= 4 is 0 Å². The smallest absolute Gasteiger partial charge is 0.119 e. The van der Waals surface area contributed by atoms with E-state index in [9.17, 15) is 0 Å². The van der Waals surface area contributed by atoms with Crippen molar-refractivity contribution in [2.75, 3.05) is 26.3 Å². The number of para-hydroxylation sites is 1. The number of nitrogens with one attached hydrogen (secondary N) is 1. The Kier molecular flexibility index (Phi) is 6.27. The number of benzene rings is 1. The van der Waals surface area contributed by atoms with E-state index < -0.39 is 0 Å². The van der Waals surface area contributed by atoms with Crippen LogP contribution in [0, 0.1) is 6.92 Å². The number of nitrogens with zero attached hydrogens (tertiary/aromatic N) is 4. The molecule has 0 radical (unpaired) electrons. The van der Waals surface area contributed by atoms with Gasteiger partial charge in [0, 0.05) is 49.6 Å². The van der Waals surface area contributed by atoms with Crippen LogP contribution in [-0.4, -0.2) is 51.2 Å². The van der Waals surface area contributed by atoms with Crippen molar-refractivity contribution in [2.24, 2.45) is 0 Å². The highest BCUT2D eigenvalue weighted by Gasteiger charge is 2.25. The first-order valence-corrected chi connectivity index (χ1v) is 10.3. The van der Waals surface area contributed by atoms with Gasteiger partial charge in [0.2, 0.25) is 0 Å².